The normalized spacial score (nSPS) is 9.33. The SMILES string of the molecule is C=CCCCN(C)c1cccc(C#N)n1. The fourth-order valence-corrected chi connectivity index (χ4v) is 1.29. The summed E-state index contributed by atoms with van der Waals surface area (Å²) in [7, 11) is 1.98. The zero-order valence-corrected chi connectivity index (χ0v) is 8.98. The molecule has 0 N–H and O–H groups in total. The highest BCUT2D eigenvalue weighted by atomic mass is 15.2. The highest BCUT2D eigenvalue weighted by Gasteiger charge is 2.02. The number of hydrogen-bond acceptors (Lipinski definition) is 3. The number of pyridine rings is 1. The van der Waals surface area contributed by atoms with Gasteiger partial charge in [0.05, 0.1) is 0 Å². The third kappa shape index (κ3) is 3.43. The maximum atomic E-state index is 8.71. The number of aromatic nitrogens is 1. The van der Waals surface area contributed by atoms with E-state index >= 15 is 0 Å². The molecule has 0 aliphatic heterocycles. The average molecular weight is 201 g/mol. The van der Waals surface area contributed by atoms with Crippen molar-refractivity contribution in [3.05, 3.63) is 36.5 Å². The average Bonchev–Trinajstić information content (AvgIpc) is 2.29. The number of hydrogen-bond donors (Lipinski definition) is 0. The van der Waals surface area contributed by atoms with Crippen LogP contribution in [0.1, 0.15) is 18.5 Å². The van der Waals surface area contributed by atoms with E-state index in [1.54, 1.807) is 6.07 Å². The summed E-state index contributed by atoms with van der Waals surface area (Å²) in [5.74, 6) is 0.845. The first-order chi connectivity index (χ1) is 7.27. The molecule has 3 nitrogen and oxygen atoms in total. The van der Waals surface area contributed by atoms with Crippen molar-refractivity contribution < 1.29 is 0 Å². The predicted molar refractivity (Wildman–Crippen MR) is 61.7 cm³/mol. The molecule has 0 radical (unpaired) electrons. The molecule has 0 aliphatic carbocycles. The van der Waals surface area contributed by atoms with Crippen molar-refractivity contribution in [1.82, 2.24) is 4.98 Å². The molecule has 0 spiro atoms. The minimum atomic E-state index is 0.461. The standard InChI is InChI=1S/C12H15N3/c1-3-4-5-9-15(2)12-8-6-7-11(10-13)14-12/h3,6-8H,1,4-5,9H2,2H3. The Morgan fingerprint density at radius 3 is 3.07 bits per heavy atom. The molecule has 1 heterocycles. The summed E-state index contributed by atoms with van der Waals surface area (Å²) >= 11 is 0. The van der Waals surface area contributed by atoms with Crippen LogP contribution in [-0.4, -0.2) is 18.6 Å². The Hall–Kier alpha value is -1.82. The Labute approximate surface area is 90.7 Å². The molecule has 15 heavy (non-hydrogen) atoms. The van der Waals surface area contributed by atoms with Gasteiger partial charge in [-0.1, -0.05) is 12.1 Å². The molecule has 0 saturated heterocycles. The second-order valence-corrected chi connectivity index (χ2v) is 3.35. The first kappa shape index (κ1) is 11.3. The van der Waals surface area contributed by atoms with Crippen molar-refractivity contribution in [3.63, 3.8) is 0 Å². The van der Waals surface area contributed by atoms with Crippen molar-refractivity contribution in [2.24, 2.45) is 0 Å². The number of unbranched alkanes of at least 4 members (excludes halogenated alkanes) is 1. The van der Waals surface area contributed by atoms with Gasteiger partial charge in [0.15, 0.2) is 0 Å². The van der Waals surface area contributed by atoms with Gasteiger partial charge in [0.2, 0.25) is 0 Å². The predicted octanol–water partition coefficient (Wildman–Crippen LogP) is 2.36. The van der Waals surface area contributed by atoms with E-state index in [4.69, 9.17) is 5.26 Å². The van der Waals surface area contributed by atoms with E-state index in [0.717, 1.165) is 25.2 Å². The Kier molecular flexibility index (Phi) is 4.36. The Morgan fingerprint density at radius 1 is 1.60 bits per heavy atom. The monoisotopic (exact) mass is 201 g/mol. The van der Waals surface area contributed by atoms with E-state index in [1.807, 2.05) is 36.2 Å². The van der Waals surface area contributed by atoms with Crippen LogP contribution in [0.15, 0.2) is 30.9 Å². The van der Waals surface area contributed by atoms with Crippen molar-refractivity contribution in [2.45, 2.75) is 12.8 Å². The smallest absolute Gasteiger partial charge is 0.142 e. The molecular formula is C12H15N3. The first-order valence-corrected chi connectivity index (χ1v) is 4.97. The topological polar surface area (TPSA) is 39.9 Å². The molecule has 0 aromatic carbocycles. The molecule has 0 aliphatic rings. The number of anilines is 1. The molecule has 0 atom stereocenters. The Balaban J connectivity index is 2.61. The molecule has 0 amide bonds. The minimum Gasteiger partial charge on any atom is -0.360 e. The summed E-state index contributed by atoms with van der Waals surface area (Å²) in [5, 5.41) is 8.71. The molecule has 78 valence electrons. The number of nitriles is 1. The summed E-state index contributed by atoms with van der Waals surface area (Å²) in [5.41, 5.74) is 0.461. The highest BCUT2D eigenvalue weighted by molar-refractivity contribution is 5.40. The fraction of sp³-hybridized carbons (Fsp3) is 0.333. The largest absolute Gasteiger partial charge is 0.360 e. The van der Waals surface area contributed by atoms with Crippen LogP contribution in [0.25, 0.3) is 0 Å². The zero-order chi connectivity index (χ0) is 11.1. The quantitative estimate of drug-likeness (QED) is 0.542. The van der Waals surface area contributed by atoms with Gasteiger partial charge in [-0.05, 0) is 25.0 Å². The van der Waals surface area contributed by atoms with Crippen LogP contribution in [0.2, 0.25) is 0 Å². The van der Waals surface area contributed by atoms with Gasteiger partial charge in [-0.3, -0.25) is 0 Å². The lowest BCUT2D eigenvalue weighted by Crippen LogP contribution is -2.19. The summed E-state index contributed by atoms with van der Waals surface area (Å²) in [6, 6.07) is 7.51. The third-order valence-electron chi connectivity index (χ3n) is 2.14. The van der Waals surface area contributed by atoms with E-state index in [9.17, 15) is 0 Å². The van der Waals surface area contributed by atoms with Gasteiger partial charge in [0.25, 0.3) is 0 Å². The number of allylic oxidation sites excluding steroid dienone is 1. The maximum absolute atomic E-state index is 8.71. The molecule has 0 unspecified atom stereocenters. The van der Waals surface area contributed by atoms with E-state index < -0.39 is 0 Å². The third-order valence-corrected chi connectivity index (χ3v) is 2.14. The van der Waals surface area contributed by atoms with Crippen LogP contribution in [0.3, 0.4) is 0 Å². The van der Waals surface area contributed by atoms with E-state index in [-0.39, 0.29) is 0 Å². The second-order valence-electron chi connectivity index (χ2n) is 3.35. The van der Waals surface area contributed by atoms with Gasteiger partial charge in [-0.25, -0.2) is 4.98 Å². The Morgan fingerprint density at radius 2 is 2.40 bits per heavy atom. The van der Waals surface area contributed by atoms with Crippen LogP contribution >= 0.6 is 0 Å². The van der Waals surface area contributed by atoms with Gasteiger partial charge in [0.1, 0.15) is 17.6 Å². The van der Waals surface area contributed by atoms with Gasteiger partial charge in [-0.15, -0.1) is 6.58 Å². The molecule has 0 saturated carbocycles. The van der Waals surface area contributed by atoms with Crippen LogP contribution in [0.4, 0.5) is 5.82 Å². The summed E-state index contributed by atoms with van der Waals surface area (Å²) in [6.07, 6.45) is 3.97. The molecule has 0 bridgehead atoms. The molecule has 1 rings (SSSR count). The van der Waals surface area contributed by atoms with E-state index in [0.29, 0.717) is 5.69 Å². The molecule has 3 heteroatoms. The van der Waals surface area contributed by atoms with Crippen molar-refractivity contribution in [3.8, 4) is 6.07 Å². The Bertz CT molecular complexity index is 365. The van der Waals surface area contributed by atoms with Crippen LogP contribution < -0.4 is 4.90 Å². The summed E-state index contributed by atoms with van der Waals surface area (Å²) in [6.45, 7) is 4.60. The lowest BCUT2D eigenvalue weighted by atomic mass is 10.3. The number of nitrogens with zero attached hydrogens (tertiary/aromatic N) is 3. The van der Waals surface area contributed by atoms with Crippen molar-refractivity contribution >= 4 is 5.82 Å². The maximum Gasteiger partial charge on any atom is 0.142 e. The van der Waals surface area contributed by atoms with Crippen LogP contribution in [-0.2, 0) is 0 Å². The van der Waals surface area contributed by atoms with Gasteiger partial charge in [0, 0.05) is 13.6 Å². The molecule has 1 aromatic rings. The molecule has 1 aromatic heterocycles. The summed E-state index contributed by atoms with van der Waals surface area (Å²) < 4.78 is 0. The molecule has 0 fully saturated rings. The number of rotatable bonds is 5. The first-order valence-electron chi connectivity index (χ1n) is 4.97. The van der Waals surface area contributed by atoms with Gasteiger partial charge >= 0.3 is 0 Å². The van der Waals surface area contributed by atoms with E-state index in [2.05, 4.69) is 11.6 Å². The van der Waals surface area contributed by atoms with E-state index in [1.165, 1.54) is 0 Å². The lowest BCUT2D eigenvalue weighted by molar-refractivity contribution is 0.791. The van der Waals surface area contributed by atoms with Gasteiger partial charge in [-0.2, -0.15) is 5.26 Å². The summed E-state index contributed by atoms with van der Waals surface area (Å²) in [4.78, 5) is 6.25. The second kappa shape index (κ2) is 5.82. The van der Waals surface area contributed by atoms with Crippen molar-refractivity contribution in [1.29, 1.82) is 5.26 Å². The molecular weight excluding hydrogens is 186 g/mol. The van der Waals surface area contributed by atoms with Crippen molar-refractivity contribution in [2.75, 3.05) is 18.5 Å². The minimum absolute atomic E-state index is 0.461. The van der Waals surface area contributed by atoms with Crippen LogP contribution in [0.5, 0.6) is 0 Å². The lowest BCUT2D eigenvalue weighted by Gasteiger charge is -2.17. The highest BCUT2D eigenvalue weighted by Crippen LogP contribution is 2.09. The van der Waals surface area contributed by atoms with Crippen LogP contribution in [0, 0.1) is 11.3 Å². The fourth-order valence-electron chi connectivity index (χ4n) is 1.29. The van der Waals surface area contributed by atoms with Gasteiger partial charge < -0.3 is 4.90 Å². The zero-order valence-electron chi connectivity index (χ0n) is 8.98.